The molecule has 0 spiro atoms. The normalized spacial score (nSPS) is 10.3. The van der Waals surface area contributed by atoms with Crippen molar-refractivity contribution in [3.8, 4) is 0 Å². The Kier molecular flexibility index (Phi) is 13.7. The fraction of sp³-hybridized carbons (Fsp3) is 0.833. The van der Waals surface area contributed by atoms with E-state index in [0.717, 1.165) is 25.7 Å². The Labute approximate surface area is 130 Å². The van der Waals surface area contributed by atoms with Gasteiger partial charge in [0, 0.05) is 0 Å². The molecule has 0 N–H and O–H groups in total. The van der Waals surface area contributed by atoms with Crippen LogP contribution in [0.3, 0.4) is 0 Å². The highest BCUT2D eigenvalue weighted by molar-refractivity contribution is 7.33. The summed E-state index contributed by atoms with van der Waals surface area (Å²) in [6.45, 7) is 3.23. The Morgan fingerprint density at radius 2 is 1.18 bits per heavy atom. The van der Waals surface area contributed by atoms with Gasteiger partial charge in [0.2, 0.25) is 13.6 Å². The minimum absolute atomic E-state index is 0.245. The molecule has 0 aromatic heterocycles. The van der Waals surface area contributed by atoms with Crippen molar-refractivity contribution in [1.29, 1.82) is 0 Å². The van der Waals surface area contributed by atoms with Gasteiger partial charge in [0.05, 0.1) is 13.2 Å². The summed E-state index contributed by atoms with van der Waals surface area (Å²) >= 11 is 0. The van der Waals surface area contributed by atoms with Gasteiger partial charge in [-0.25, -0.2) is 9.59 Å². The minimum atomic E-state index is -2.95. The number of ether oxygens (including phenoxy) is 4. The zero-order valence-corrected chi connectivity index (χ0v) is 13.8. The fourth-order valence-electron chi connectivity index (χ4n) is 0.976. The zero-order valence-electron chi connectivity index (χ0n) is 12.8. The van der Waals surface area contributed by atoms with Gasteiger partial charge < -0.3 is 18.9 Å². The van der Waals surface area contributed by atoms with Crippen molar-refractivity contribution in [3.05, 3.63) is 0 Å². The zero-order chi connectivity index (χ0) is 16.6. The first-order chi connectivity index (χ1) is 10.6. The Balaban J connectivity index is 3.50. The molecule has 0 aliphatic heterocycles. The van der Waals surface area contributed by atoms with Gasteiger partial charge in [-0.15, -0.1) is 0 Å². The molecule has 0 saturated carbocycles. The molecule has 0 rings (SSSR count). The van der Waals surface area contributed by atoms with E-state index in [9.17, 15) is 14.2 Å². The Bertz CT molecular complexity index is 305. The molecule has 0 saturated heterocycles. The standard InChI is InChI=1S/C12H23O9P/c1-3-5-7-16-11(13)18-9-20-22(15)21-10-19-12(14)17-8-6-4-2/h22H,3-10H2,1-2H3. The summed E-state index contributed by atoms with van der Waals surface area (Å²) in [5.41, 5.74) is 0. The van der Waals surface area contributed by atoms with Crippen molar-refractivity contribution < 1.29 is 42.1 Å². The van der Waals surface area contributed by atoms with Gasteiger partial charge in [0.15, 0.2) is 0 Å². The highest BCUT2D eigenvalue weighted by atomic mass is 31.1. The molecule has 130 valence electrons. The van der Waals surface area contributed by atoms with Crippen molar-refractivity contribution in [2.24, 2.45) is 0 Å². The number of unbranched alkanes of at least 4 members (excludes halogenated alkanes) is 2. The third kappa shape index (κ3) is 13.7. The summed E-state index contributed by atoms with van der Waals surface area (Å²) in [5.74, 6) is 0. The second kappa shape index (κ2) is 14.6. The first kappa shape index (κ1) is 20.7. The summed E-state index contributed by atoms with van der Waals surface area (Å²) in [6, 6.07) is 0. The maximum atomic E-state index is 11.2. The van der Waals surface area contributed by atoms with Crippen LogP contribution in [-0.4, -0.2) is 39.1 Å². The summed E-state index contributed by atoms with van der Waals surface area (Å²) < 4.78 is 38.6. The lowest BCUT2D eigenvalue weighted by molar-refractivity contribution is -0.0162. The third-order valence-corrected chi connectivity index (χ3v) is 2.85. The molecule has 10 heteroatoms. The highest BCUT2D eigenvalue weighted by Gasteiger charge is 2.08. The van der Waals surface area contributed by atoms with Crippen LogP contribution >= 0.6 is 8.25 Å². The average Bonchev–Trinajstić information content (AvgIpc) is 2.48. The van der Waals surface area contributed by atoms with E-state index < -0.39 is 34.2 Å². The summed E-state index contributed by atoms with van der Waals surface area (Å²) in [4.78, 5) is 22.0. The van der Waals surface area contributed by atoms with Crippen LogP contribution < -0.4 is 0 Å². The Hall–Kier alpha value is -1.31. The van der Waals surface area contributed by atoms with Gasteiger partial charge in [0.1, 0.15) is 0 Å². The largest absolute Gasteiger partial charge is 0.510 e. The van der Waals surface area contributed by atoms with Gasteiger partial charge in [-0.2, -0.15) is 0 Å². The predicted octanol–water partition coefficient (Wildman–Crippen LogP) is 3.23. The van der Waals surface area contributed by atoms with Crippen molar-refractivity contribution in [2.75, 3.05) is 26.8 Å². The quantitative estimate of drug-likeness (QED) is 0.228. The summed E-state index contributed by atoms with van der Waals surface area (Å²) in [7, 11) is -2.95. The van der Waals surface area contributed by atoms with E-state index in [1.54, 1.807) is 0 Å². The van der Waals surface area contributed by atoms with Crippen LogP contribution in [0, 0.1) is 0 Å². The molecule has 0 atom stereocenters. The van der Waals surface area contributed by atoms with E-state index >= 15 is 0 Å². The predicted molar refractivity (Wildman–Crippen MR) is 75.6 cm³/mol. The fourth-order valence-corrected chi connectivity index (χ4v) is 1.37. The molecule has 0 fully saturated rings. The molecule has 0 unspecified atom stereocenters. The molecule has 0 amide bonds. The number of carbonyl (C=O) groups excluding carboxylic acids is 2. The van der Waals surface area contributed by atoms with E-state index in [0.29, 0.717) is 0 Å². The number of carbonyl (C=O) groups is 2. The van der Waals surface area contributed by atoms with E-state index in [1.807, 2.05) is 13.8 Å². The topological polar surface area (TPSA) is 107 Å². The molecular formula is C12H23O9P. The van der Waals surface area contributed by atoms with Crippen LogP contribution in [0.1, 0.15) is 39.5 Å². The lowest BCUT2D eigenvalue weighted by Gasteiger charge is -2.08. The van der Waals surface area contributed by atoms with Gasteiger partial charge in [-0.05, 0) is 12.8 Å². The van der Waals surface area contributed by atoms with Crippen molar-refractivity contribution in [1.82, 2.24) is 0 Å². The van der Waals surface area contributed by atoms with E-state index in [-0.39, 0.29) is 13.2 Å². The molecule has 22 heavy (non-hydrogen) atoms. The van der Waals surface area contributed by atoms with Crippen LogP contribution in [0.4, 0.5) is 9.59 Å². The molecule has 0 radical (unpaired) electrons. The number of hydrogen-bond acceptors (Lipinski definition) is 9. The average molecular weight is 342 g/mol. The molecule has 0 aromatic rings. The second-order valence-corrected chi connectivity index (χ2v) is 5.04. The Morgan fingerprint density at radius 3 is 1.55 bits per heavy atom. The molecule has 0 bridgehead atoms. The van der Waals surface area contributed by atoms with Crippen molar-refractivity contribution in [2.45, 2.75) is 39.5 Å². The lowest BCUT2D eigenvalue weighted by atomic mass is 10.4. The van der Waals surface area contributed by atoms with Crippen LogP contribution in [0.5, 0.6) is 0 Å². The van der Waals surface area contributed by atoms with Crippen LogP contribution in [-0.2, 0) is 32.6 Å². The first-order valence-corrected chi connectivity index (χ1v) is 8.21. The molecule has 0 heterocycles. The monoisotopic (exact) mass is 342 g/mol. The third-order valence-electron chi connectivity index (χ3n) is 2.14. The minimum Gasteiger partial charge on any atom is -0.434 e. The van der Waals surface area contributed by atoms with Crippen LogP contribution in [0.15, 0.2) is 0 Å². The first-order valence-electron chi connectivity index (χ1n) is 6.98. The molecule has 0 aliphatic carbocycles. The molecule has 0 aliphatic rings. The summed E-state index contributed by atoms with van der Waals surface area (Å²) in [6.07, 6.45) is 1.37. The molecule has 9 nitrogen and oxygen atoms in total. The summed E-state index contributed by atoms with van der Waals surface area (Å²) in [5, 5.41) is 0. The van der Waals surface area contributed by atoms with Crippen molar-refractivity contribution in [3.63, 3.8) is 0 Å². The van der Waals surface area contributed by atoms with E-state index in [1.165, 1.54) is 0 Å². The van der Waals surface area contributed by atoms with Gasteiger partial charge in [-0.1, -0.05) is 26.7 Å². The van der Waals surface area contributed by atoms with Crippen LogP contribution in [0.25, 0.3) is 0 Å². The highest BCUT2D eigenvalue weighted by Crippen LogP contribution is 2.23. The second-order valence-electron chi connectivity index (χ2n) is 3.97. The smallest absolute Gasteiger partial charge is 0.434 e. The van der Waals surface area contributed by atoms with Gasteiger partial charge >= 0.3 is 20.6 Å². The van der Waals surface area contributed by atoms with E-state index in [4.69, 9.17) is 0 Å². The molecular weight excluding hydrogens is 319 g/mol. The SMILES string of the molecule is CCCCOC(=O)OCO[PH](=O)OCOC(=O)OCCCC. The maximum Gasteiger partial charge on any atom is 0.510 e. The van der Waals surface area contributed by atoms with Gasteiger partial charge in [-0.3, -0.25) is 13.6 Å². The van der Waals surface area contributed by atoms with Crippen LogP contribution in [0.2, 0.25) is 0 Å². The maximum absolute atomic E-state index is 11.2. The number of rotatable bonds is 12. The molecule has 0 aromatic carbocycles. The van der Waals surface area contributed by atoms with E-state index in [2.05, 4.69) is 28.0 Å². The number of hydrogen-bond donors (Lipinski definition) is 0. The lowest BCUT2D eigenvalue weighted by Crippen LogP contribution is -2.11. The Morgan fingerprint density at radius 1 is 0.773 bits per heavy atom. The van der Waals surface area contributed by atoms with Gasteiger partial charge in [0.25, 0.3) is 0 Å². The van der Waals surface area contributed by atoms with Crippen molar-refractivity contribution >= 4 is 20.6 Å².